The van der Waals surface area contributed by atoms with Gasteiger partial charge < -0.3 is 5.32 Å². The predicted octanol–water partition coefficient (Wildman–Crippen LogP) is 0.768. The van der Waals surface area contributed by atoms with Crippen molar-refractivity contribution >= 4 is 15.9 Å². The first-order valence-corrected chi connectivity index (χ1v) is 8.81. The summed E-state index contributed by atoms with van der Waals surface area (Å²) in [6, 6.07) is 8.96. The molecule has 0 radical (unpaired) electrons. The first-order valence-electron chi connectivity index (χ1n) is 7.15. The van der Waals surface area contributed by atoms with Gasteiger partial charge in [0.2, 0.25) is 10.0 Å². The molecule has 0 aliphatic rings. The van der Waals surface area contributed by atoms with Crippen LogP contribution in [-0.4, -0.2) is 43.5 Å². The molecule has 1 aromatic heterocycles. The summed E-state index contributed by atoms with van der Waals surface area (Å²) in [5.41, 5.74) is 3.27. The topological polar surface area (TPSA) is 93.1 Å². The molecule has 0 aliphatic carbocycles. The van der Waals surface area contributed by atoms with Gasteiger partial charge in [0.1, 0.15) is 0 Å². The smallest absolute Gasteiger partial charge is 0.251 e. The van der Waals surface area contributed by atoms with Crippen molar-refractivity contribution in [3.8, 4) is 5.69 Å². The normalized spacial score (nSPS) is 11.4. The molecule has 7 nitrogen and oxygen atoms in total. The number of carbonyl (C=O) groups is 1. The fourth-order valence-corrected chi connectivity index (χ4v) is 2.72. The lowest BCUT2D eigenvalue weighted by Crippen LogP contribution is -2.32. The van der Waals surface area contributed by atoms with E-state index in [1.807, 2.05) is 19.9 Å². The van der Waals surface area contributed by atoms with E-state index in [-0.39, 0.29) is 18.2 Å². The van der Waals surface area contributed by atoms with Crippen molar-refractivity contribution in [1.29, 1.82) is 0 Å². The monoisotopic (exact) mass is 336 g/mol. The number of rotatable bonds is 6. The van der Waals surface area contributed by atoms with Crippen LogP contribution >= 0.6 is 0 Å². The minimum absolute atomic E-state index is 0.0568. The Bertz CT molecular complexity index is 795. The Balaban J connectivity index is 2.02. The van der Waals surface area contributed by atoms with E-state index in [1.54, 1.807) is 28.9 Å². The highest BCUT2D eigenvalue weighted by atomic mass is 32.2. The van der Waals surface area contributed by atoms with Crippen LogP contribution < -0.4 is 10.0 Å². The highest BCUT2D eigenvalue weighted by Crippen LogP contribution is 2.13. The number of hydrogen-bond acceptors (Lipinski definition) is 4. The van der Waals surface area contributed by atoms with Crippen molar-refractivity contribution in [3.63, 3.8) is 0 Å². The van der Waals surface area contributed by atoms with Crippen molar-refractivity contribution in [2.24, 2.45) is 0 Å². The zero-order valence-electron chi connectivity index (χ0n) is 13.3. The SMILES string of the molecule is CNS(=O)(=O)CCNC(=O)c1ccc(-n2nc(C)cc2C)cc1. The van der Waals surface area contributed by atoms with Crippen LogP contribution in [0.1, 0.15) is 21.7 Å². The van der Waals surface area contributed by atoms with Crippen molar-refractivity contribution in [2.45, 2.75) is 13.8 Å². The first-order chi connectivity index (χ1) is 10.8. The third kappa shape index (κ3) is 4.40. The molecule has 0 aliphatic heterocycles. The summed E-state index contributed by atoms with van der Waals surface area (Å²) in [6.45, 7) is 3.94. The van der Waals surface area contributed by atoms with Crippen molar-refractivity contribution in [1.82, 2.24) is 19.8 Å². The molecule has 124 valence electrons. The summed E-state index contributed by atoms with van der Waals surface area (Å²) < 4.78 is 26.6. The van der Waals surface area contributed by atoms with Crippen LogP contribution in [0.2, 0.25) is 0 Å². The zero-order chi connectivity index (χ0) is 17.0. The van der Waals surface area contributed by atoms with Gasteiger partial charge in [0.05, 0.1) is 17.1 Å². The zero-order valence-corrected chi connectivity index (χ0v) is 14.1. The molecule has 23 heavy (non-hydrogen) atoms. The van der Waals surface area contributed by atoms with Crippen LogP contribution in [0.25, 0.3) is 5.69 Å². The lowest BCUT2D eigenvalue weighted by atomic mass is 10.2. The fourth-order valence-electron chi connectivity index (χ4n) is 2.15. The highest BCUT2D eigenvalue weighted by molar-refractivity contribution is 7.89. The summed E-state index contributed by atoms with van der Waals surface area (Å²) in [6.07, 6.45) is 0. The third-order valence-corrected chi connectivity index (χ3v) is 4.71. The van der Waals surface area contributed by atoms with Crippen LogP contribution in [0, 0.1) is 13.8 Å². The van der Waals surface area contributed by atoms with Crippen LogP contribution in [0.15, 0.2) is 30.3 Å². The Labute approximate surface area is 135 Å². The Morgan fingerprint density at radius 1 is 1.22 bits per heavy atom. The van der Waals surface area contributed by atoms with Gasteiger partial charge in [-0.1, -0.05) is 0 Å². The lowest BCUT2D eigenvalue weighted by Gasteiger charge is -2.08. The Morgan fingerprint density at radius 3 is 2.39 bits per heavy atom. The number of nitrogens with zero attached hydrogens (tertiary/aromatic N) is 2. The number of hydrogen-bond donors (Lipinski definition) is 2. The number of carbonyl (C=O) groups excluding carboxylic acids is 1. The van der Waals surface area contributed by atoms with Gasteiger partial charge in [0, 0.05) is 17.8 Å². The Morgan fingerprint density at radius 2 is 1.87 bits per heavy atom. The molecule has 2 rings (SSSR count). The molecule has 2 N–H and O–H groups in total. The lowest BCUT2D eigenvalue weighted by molar-refractivity contribution is 0.0956. The van der Waals surface area contributed by atoms with Crippen molar-refractivity contribution in [3.05, 3.63) is 47.3 Å². The maximum absolute atomic E-state index is 12.0. The van der Waals surface area contributed by atoms with Crippen molar-refractivity contribution in [2.75, 3.05) is 19.3 Å². The second-order valence-corrected chi connectivity index (χ2v) is 7.21. The molecule has 1 amide bonds. The number of nitrogens with one attached hydrogen (secondary N) is 2. The summed E-state index contributed by atoms with van der Waals surface area (Å²) in [4.78, 5) is 12.0. The summed E-state index contributed by atoms with van der Waals surface area (Å²) in [5.74, 6) is -0.463. The van der Waals surface area contributed by atoms with Crippen LogP contribution in [0.3, 0.4) is 0 Å². The Hall–Kier alpha value is -2.19. The highest BCUT2D eigenvalue weighted by Gasteiger charge is 2.10. The maximum atomic E-state index is 12.0. The van der Waals surface area contributed by atoms with Crippen molar-refractivity contribution < 1.29 is 13.2 Å². The quantitative estimate of drug-likeness (QED) is 0.815. The number of aryl methyl sites for hydroxylation is 2. The van der Waals surface area contributed by atoms with Gasteiger partial charge >= 0.3 is 0 Å². The Kier molecular flexibility index (Phi) is 5.17. The van der Waals surface area contributed by atoms with Gasteiger partial charge in [-0.15, -0.1) is 0 Å². The average molecular weight is 336 g/mol. The maximum Gasteiger partial charge on any atom is 0.251 e. The summed E-state index contributed by atoms with van der Waals surface area (Å²) >= 11 is 0. The largest absolute Gasteiger partial charge is 0.351 e. The van der Waals surface area contributed by atoms with E-state index < -0.39 is 10.0 Å². The molecule has 2 aromatic rings. The van der Waals surface area contributed by atoms with Crippen LogP contribution in [0.4, 0.5) is 0 Å². The molecule has 1 aromatic carbocycles. The van der Waals surface area contributed by atoms with E-state index in [2.05, 4.69) is 15.1 Å². The molecule has 1 heterocycles. The van der Waals surface area contributed by atoms with Gasteiger partial charge in [-0.3, -0.25) is 4.79 Å². The van der Waals surface area contributed by atoms with E-state index in [4.69, 9.17) is 0 Å². The van der Waals surface area contributed by atoms with Crippen LogP contribution in [0.5, 0.6) is 0 Å². The molecule has 0 saturated carbocycles. The summed E-state index contributed by atoms with van der Waals surface area (Å²) in [5, 5.41) is 6.97. The molecule has 8 heteroatoms. The molecule has 0 atom stereocenters. The molecule has 0 bridgehead atoms. The molecular weight excluding hydrogens is 316 g/mol. The van der Waals surface area contributed by atoms with Gasteiger partial charge in [-0.25, -0.2) is 17.8 Å². The molecule has 0 spiro atoms. The second-order valence-electron chi connectivity index (χ2n) is 5.16. The fraction of sp³-hybridized carbons (Fsp3) is 0.333. The van der Waals surface area contributed by atoms with Crippen LogP contribution in [-0.2, 0) is 10.0 Å². The predicted molar refractivity (Wildman–Crippen MR) is 88.2 cm³/mol. The number of aromatic nitrogens is 2. The van der Waals surface area contributed by atoms with E-state index in [1.165, 1.54) is 7.05 Å². The van der Waals surface area contributed by atoms with Gasteiger partial charge in [-0.2, -0.15) is 5.10 Å². The van der Waals surface area contributed by atoms with Gasteiger partial charge in [0.25, 0.3) is 5.91 Å². The molecule has 0 saturated heterocycles. The van der Waals surface area contributed by atoms with E-state index >= 15 is 0 Å². The molecule has 0 unspecified atom stereocenters. The molecule has 0 fully saturated rings. The van der Waals surface area contributed by atoms with Gasteiger partial charge in [-0.05, 0) is 51.2 Å². The minimum Gasteiger partial charge on any atom is -0.351 e. The van der Waals surface area contributed by atoms with E-state index in [0.717, 1.165) is 17.1 Å². The molecular formula is C15H20N4O3S. The van der Waals surface area contributed by atoms with Gasteiger partial charge in [0.15, 0.2) is 0 Å². The average Bonchev–Trinajstić information content (AvgIpc) is 2.86. The first kappa shape index (κ1) is 17.2. The number of benzene rings is 1. The number of sulfonamides is 1. The number of amides is 1. The van der Waals surface area contributed by atoms with E-state index in [0.29, 0.717) is 5.56 Å². The summed E-state index contributed by atoms with van der Waals surface area (Å²) in [7, 11) is -1.98. The third-order valence-electron chi connectivity index (χ3n) is 3.35. The van der Waals surface area contributed by atoms with E-state index in [9.17, 15) is 13.2 Å². The minimum atomic E-state index is -3.32. The second kappa shape index (κ2) is 6.93. The standard InChI is InChI=1S/C15H20N4O3S/c1-11-10-12(2)19(18-11)14-6-4-13(5-7-14)15(20)17-8-9-23(21,22)16-3/h4-7,10,16H,8-9H2,1-3H3,(H,17,20).